The number of ether oxygens (including phenoxy) is 1. The molecule has 0 saturated heterocycles. The molecule has 1 saturated carbocycles. The van der Waals surface area contributed by atoms with Gasteiger partial charge in [-0.25, -0.2) is 0 Å². The number of amides is 1. The standard InChI is InChI=1S/C28H37N3O8/c1-11(2)12(3)30-10-14-9-17(32)19-15(24(14)39-6)7-13-8-16-21(31(4)5)23(34)20(27(29)37)26(36)28(16,38)25(35)18(13)22(19)33/h9,11-13,16,21,30,32-33,36,38H,7-8,10H2,1-6H3,(H2,29,37)/t12-,13+,16+,21+,28+/m1/s1. The van der Waals surface area contributed by atoms with Crippen LogP contribution in [-0.4, -0.2) is 81.7 Å². The van der Waals surface area contributed by atoms with Crippen LogP contribution in [0.25, 0.3) is 5.76 Å². The number of phenols is 1. The van der Waals surface area contributed by atoms with Crippen molar-refractivity contribution in [3.05, 3.63) is 39.7 Å². The van der Waals surface area contributed by atoms with Crippen LogP contribution in [0.4, 0.5) is 0 Å². The monoisotopic (exact) mass is 543 g/mol. The summed E-state index contributed by atoms with van der Waals surface area (Å²) in [5, 5.41) is 48.3. The van der Waals surface area contributed by atoms with Gasteiger partial charge in [0.05, 0.1) is 18.7 Å². The van der Waals surface area contributed by atoms with Gasteiger partial charge in [0.15, 0.2) is 11.4 Å². The molecule has 4 rings (SSSR count). The zero-order chi connectivity index (χ0) is 29.1. The molecule has 212 valence electrons. The summed E-state index contributed by atoms with van der Waals surface area (Å²) in [6.45, 7) is 6.60. The number of carbonyl (C=O) groups is 3. The van der Waals surface area contributed by atoms with Gasteiger partial charge in [-0.1, -0.05) is 13.8 Å². The first-order valence-electron chi connectivity index (χ1n) is 13.0. The number of phenolic OH excluding ortho intramolecular Hbond substituents is 1. The van der Waals surface area contributed by atoms with Crippen molar-refractivity contribution >= 4 is 23.2 Å². The van der Waals surface area contributed by atoms with E-state index in [0.29, 0.717) is 29.3 Å². The number of nitrogens with two attached hydrogens (primary N) is 1. The van der Waals surface area contributed by atoms with E-state index in [9.17, 15) is 34.8 Å². The Morgan fingerprint density at radius 3 is 2.41 bits per heavy atom. The maximum absolute atomic E-state index is 13.9. The summed E-state index contributed by atoms with van der Waals surface area (Å²) in [6.07, 6.45) is 0.182. The van der Waals surface area contributed by atoms with Gasteiger partial charge < -0.3 is 36.2 Å². The average molecular weight is 544 g/mol. The molecule has 1 aromatic rings. The lowest BCUT2D eigenvalue weighted by Crippen LogP contribution is -2.65. The molecule has 0 aliphatic heterocycles. The highest BCUT2D eigenvalue weighted by molar-refractivity contribution is 6.24. The topological polar surface area (TPSA) is 183 Å². The second-order valence-electron chi connectivity index (χ2n) is 11.3. The molecule has 0 spiro atoms. The van der Waals surface area contributed by atoms with E-state index in [1.807, 2.05) is 6.92 Å². The van der Waals surface area contributed by atoms with Crippen molar-refractivity contribution in [3.8, 4) is 11.5 Å². The number of methoxy groups -OCH3 is 1. The van der Waals surface area contributed by atoms with Gasteiger partial charge in [-0.05, 0) is 51.8 Å². The Kier molecular flexibility index (Phi) is 7.30. The lowest BCUT2D eigenvalue weighted by atomic mass is 9.57. The molecule has 11 nitrogen and oxygen atoms in total. The zero-order valence-corrected chi connectivity index (χ0v) is 23.0. The van der Waals surface area contributed by atoms with E-state index in [1.165, 1.54) is 18.1 Å². The summed E-state index contributed by atoms with van der Waals surface area (Å²) in [6, 6.07) is 0.508. The number of fused-ring (bicyclic) bond motifs is 3. The molecule has 0 heterocycles. The predicted octanol–water partition coefficient (Wildman–Crippen LogP) is 1.11. The van der Waals surface area contributed by atoms with Crippen molar-refractivity contribution in [1.29, 1.82) is 0 Å². The number of nitrogens with one attached hydrogen (secondary N) is 1. The van der Waals surface area contributed by atoms with Crippen LogP contribution in [0.5, 0.6) is 11.5 Å². The number of benzene rings is 1. The maximum Gasteiger partial charge on any atom is 0.255 e. The van der Waals surface area contributed by atoms with Gasteiger partial charge in [0, 0.05) is 35.2 Å². The van der Waals surface area contributed by atoms with Crippen LogP contribution in [0.2, 0.25) is 0 Å². The van der Waals surface area contributed by atoms with Crippen molar-refractivity contribution in [2.45, 2.75) is 57.8 Å². The van der Waals surface area contributed by atoms with E-state index in [1.54, 1.807) is 14.1 Å². The highest BCUT2D eigenvalue weighted by atomic mass is 16.5. The van der Waals surface area contributed by atoms with Crippen LogP contribution >= 0.6 is 0 Å². The SMILES string of the molecule is COc1c(CN[C@H](C)C(C)C)cc(O)c2c1C[C@H]1C[C@H]3[C@H](N(C)C)C(=O)C(C(N)=O)=C(O)[C@@]3(O)C(=O)C1=C2O. The zero-order valence-electron chi connectivity index (χ0n) is 23.0. The number of nitrogens with zero attached hydrogens (tertiary/aromatic N) is 1. The minimum absolute atomic E-state index is 0.00352. The third-order valence-electron chi connectivity index (χ3n) is 8.57. The fourth-order valence-corrected chi connectivity index (χ4v) is 6.25. The minimum atomic E-state index is -2.67. The van der Waals surface area contributed by atoms with Crippen LogP contribution in [-0.2, 0) is 27.3 Å². The Hall–Kier alpha value is -3.41. The van der Waals surface area contributed by atoms with E-state index in [4.69, 9.17) is 10.5 Å². The molecule has 0 bridgehead atoms. The van der Waals surface area contributed by atoms with Gasteiger partial charge in [0.1, 0.15) is 28.6 Å². The number of primary amides is 1. The number of hydrogen-bond acceptors (Lipinski definition) is 10. The van der Waals surface area contributed by atoms with Crippen molar-refractivity contribution in [2.24, 2.45) is 23.5 Å². The van der Waals surface area contributed by atoms with Crippen molar-refractivity contribution in [2.75, 3.05) is 21.2 Å². The molecule has 11 heteroatoms. The molecule has 3 aliphatic rings. The molecule has 1 aromatic carbocycles. The normalized spacial score (nSPS) is 27.5. The van der Waals surface area contributed by atoms with Gasteiger partial charge in [-0.2, -0.15) is 0 Å². The number of aliphatic hydroxyl groups excluding tert-OH is 2. The van der Waals surface area contributed by atoms with Crippen LogP contribution < -0.4 is 15.8 Å². The number of rotatable bonds is 7. The lowest BCUT2D eigenvalue weighted by Gasteiger charge is -2.50. The molecular formula is C28H37N3O8. The third kappa shape index (κ3) is 4.19. The Labute approximate surface area is 226 Å². The summed E-state index contributed by atoms with van der Waals surface area (Å²) in [4.78, 5) is 40.7. The van der Waals surface area contributed by atoms with Crippen LogP contribution in [0.15, 0.2) is 23.0 Å². The maximum atomic E-state index is 13.9. The van der Waals surface area contributed by atoms with Crippen LogP contribution in [0.1, 0.15) is 43.9 Å². The molecular weight excluding hydrogens is 506 g/mol. The van der Waals surface area contributed by atoms with E-state index < -0.39 is 58.0 Å². The first-order valence-corrected chi connectivity index (χ1v) is 13.0. The Morgan fingerprint density at radius 2 is 1.87 bits per heavy atom. The fraction of sp³-hybridized carbons (Fsp3) is 0.536. The number of ketones is 2. The summed E-state index contributed by atoms with van der Waals surface area (Å²) in [5.74, 6) is -6.01. The summed E-state index contributed by atoms with van der Waals surface area (Å²) in [7, 11) is 4.61. The lowest BCUT2D eigenvalue weighted by molar-refractivity contribution is -0.153. The average Bonchev–Trinajstić information content (AvgIpc) is 2.84. The van der Waals surface area contributed by atoms with E-state index in [-0.39, 0.29) is 35.8 Å². The molecule has 39 heavy (non-hydrogen) atoms. The second kappa shape index (κ2) is 9.96. The summed E-state index contributed by atoms with van der Waals surface area (Å²) < 4.78 is 5.73. The number of Topliss-reactive ketones (excluding diaryl/α,β-unsaturated/α-hetero) is 2. The second-order valence-corrected chi connectivity index (χ2v) is 11.3. The third-order valence-corrected chi connectivity index (χ3v) is 8.57. The highest BCUT2D eigenvalue weighted by Crippen LogP contribution is 2.54. The van der Waals surface area contributed by atoms with E-state index in [2.05, 4.69) is 19.2 Å². The molecule has 7 N–H and O–H groups in total. The fourth-order valence-electron chi connectivity index (χ4n) is 6.25. The Bertz CT molecular complexity index is 1310. The van der Waals surface area contributed by atoms with E-state index >= 15 is 0 Å². The number of aromatic hydroxyl groups is 1. The van der Waals surface area contributed by atoms with Gasteiger partial charge in [0.25, 0.3) is 5.91 Å². The first-order chi connectivity index (χ1) is 18.2. The summed E-state index contributed by atoms with van der Waals surface area (Å²) in [5.41, 5.74) is 2.82. The number of likely N-dealkylation sites (N-methyl/N-ethyl adjacent to an activating group) is 1. The number of aliphatic hydroxyl groups is 3. The largest absolute Gasteiger partial charge is 0.508 e. The number of carbonyl (C=O) groups excluding carboxylic acids is 3. The van der Waals surface area contributed by atoms with Gasteiger partial charge in [0.2, 0.25) is 5.78 Å². The van der Waals surface area contributed by atoms with E-state index in [0.717, 1.165) is 0 Å². The highest BCUT2D eigenvalue weighted by Gasteiger charge is 2.64. The molecule has 5 atom stereocenters. The molecule has 3 aliphatic carbocycles. The Morgan fingerprint density at radius 1 is 1.23 bits per heavy atom. The van der Waals surface area contributed by atoms with Crippen molar-refractivity contribution in [3.63, 3.8) is 0 Å². The molecule has 1 fully saturated rings. The number of hydrogen-bond donors (Lipinski definition) is 6. The molecule has 0 radical (unpaired) electrons. The van der Waals surface area contributed by atoms with Gasteiger partial charge in [-0.3, -0.25) is 19.3 Å². The predicted molar refractivity (Wildman–Crippen MR) is 142 cm³/mol. The summed E-state index contributed by atoms with van der Waals surface area (Å²) >= 11 is 0. The minimum Gasteiger partial charge on any atom is -0.508 e. The van der Waals surface area contributed by atoms with Crippen LogP contribution in [0.3, 0.4) is 0 Å². The van der Waals surface area contributed by atoms with Gasteiger partial charge in [-0.15, -0.1) is 0 Å². The van der Waals surface area contributed by atoms with Gasteiger partial charge >= 0.3 is 0 Å². The Balaban J connectivity index is 1.89. The quantitative estimate of drug-likeness (QED) is 0.272. The van der Waals surface area contributed by atoms with Crippen molar-refractivity contribution < 1.29 is 39.5 Å². The van der Waals surface area contributed by atoms with Crippen molar-refractivity contribution in [1.82, 2.24) is 10.2 Å². The molecule has 0 unspecified atom stereocenters. The van der Waals surface area contributed by atoms with Crippen LogP contribution in [0, 0.1) is 17.8 Å². The smallest absolute Gasteiger partial charge is 0.255 e. The molecule has 0 aromatic heterocycles. The first kappa shape index (κ1) is 28.6. The molecule has 1 amide bonds.